The van der Waals surface area contributed by atoms with Crippen LogP contribution < -0.4 is 5.32 Å². The van der Waals surface area contributed by atoms with Crippen LogP contribution in [0.4, 0.5) is 0 Å². The third-order valence-electron chi connectivity index (χ3n) is 1.05. The molecular weight excluding hydrogens is 105 g/mol. The molecule has 1 N–H and O–H groups in total. The zero-order chi connectivity index (χ0) is 5.86. The second kappa shape index (κ2) is 3.40. The molecule has 44 valence electrons. The van der Waals surface area contributed by atoms with E-state index in [1.807, 2.05) is 7.05 Å². The summed E-state index contributed by atoms with van der Waals surface area (Å²) in [6, 6.07) is 0. The summed E-state index contributed by atoms with van der Waals surface area (Å²) in [6.07, 6.45) is 0. The standard InChI is InChI=1S/C5H14NP/c1-4(2)5(7)6-3/h4-6H,7H2,1-3H3. The Balaban J connectivity index is 3.14. The highest BCUT2D eigenvalue weighted by Gasteiger charge is 2.00. The van der Waals surface area contributed by atoms with E-state index >= 15 is 0 Å². The lowest BCUT2D eigenvalue weighted by atomic mass is 10.2. The van der Waals surface area contributed by atoms with Gasteiger partial charge in [0.2, 0.25) is 0 Å². The minimum atomic E-state index is 0.569. The molecule has 0 heterocycles. The summed E-state index contributed by atoms with van der Waals surface area (Å²) in [5, 5.41) is 3.13. The monoisotopic (exact) mass is 119 g/mol. The lowest BCUT2D eigenvalue weighted by Crippen LogP contribution is -2.23. The smallest absolute Gasteiger partial charge is 0.0231 e. The molecule has 2 heteroatoms. The van der Waals surface area contributed by atoms with Gasteiger partial charge in [0.1, 0.15) is 0 Å². The predicted octanol–water partition coefficient (Wildman–Crippen LogP) is 1.06. The van der Waals surface area contributed by atoms with Gasteiger partial charge >= 0.3 is 0 Å². The topological polar surface area (TPSA) is 12.0 Å². The number of rotatable bonds is 2. The molecule has 0 fully saturated rings. The lowest BCUT2D eigenvalue weighted by molar-refractivity contribution is 0.552. The van der Waals surface area contributed by atoms with Gasteiger partial charge in [-0.2, -0.15) is 0 Å². The average molecular weight is 119 g/mol. The summed E-state index contributed by atoms with van der Waals surface area (Å²) in [4.78, 5) is 0. The van der Waals surface area contributed by atoms with Gasteiger partial charge in [0.15, 0.2) is 0 Å². The maximum absolute atomic E-state index is 3.13. The Labute approximate surface area is 48.1 Å². The fraction of sp³-hybridized carbons (Fsp3) is 1.00. The average Bonchev–Trinajstić information content (AvgIpc) is 1.65. The molecule has 0 aliphatic heterocycles. The molecule has 0 aromatic carbocycles. The van der Waals surface area contributed by atoms with Crippen molar-refractivity contribution in [2.45, 2.75) is 19.6 Å². The van der Waals surface area contributed by atoms with Crippen LogP contribution >= 0.6 is 9.24 Å². The first-order valence-electron chi connectivity index (χ1n) is 2.61. The van der Waals surface area contributed by atoms with Gasteiger partial charge in [-0.05, 0) is 13.0 Å². The molecular formula is C5H14NP. The summed E-state index contributed by atoms with van der Waals surface area (Å²) in [6.45, 7) is 4.38. The molecule has 0 aliphatic rings. The Bertz CT molecular complexity index is 45.3. The SMILES string of the molecule is CNC(P)C(C)C. The van der Waals surface area contributed by atoms with Crippen molar-refractivity contribution in [1.82, 2.24) is 5.32 Å². The van der Waals surface area contributed by atoms with Crippen LogP contribution in [0.2, 0.25) is 0 Å². The molecule has 0 aromatic rings. The molecule has 2 atom stereocenters. The second-order valence-electron chi connectivity index (χ2n) is 2.06. The molecule has 7 heavy (non-hydrogen) atoms. The van der Waals surface area contributed by atoms with Crippen molar-refractivity contribution in [2.24, 2.45) is 5.92 Å². The van der Waals surface area contributed by atoms with E-state index in [-0.39, 0.29) is 0 Å². The van der Waals surface area contributed by atoms with Crippen molar-refractivity contribution < 1.29 is 0 Å². The van der Waals surface area contributed by atoms with Crippen molar-refractivity contribution in [2.75, 3.05) is 7.05 Å². The van der Waals surface area contributed by atoms with Gasteiger partial charge in [-0.15, -0.1) is 9.24 Å². The van der Waals surface area contributed by atoms with Crippen LogP contribution in [-0.4, -0.2) is 12.8 Å². The summed E-state index contributed by atoms with van der Waals surface area (Å²) in [7, 11) is 4.71. The molecule has 0 rings (SSSR count). The van der Waals surface area contributed by atoms with Gasteiger partial charge in [0.05, 0.1) is 0 Å². The number of nitrogens with one attached hydrogen (secondary N) is 1. The van der Waals surface area contributed by atoms with Crippen LogP contribution in [0.1, 0.15) is 13.8 Å². The van der Waals surface area contributed by atoms with Gasteiger partial charge in [-0.3, -0.25) is 0 Å². The van der Waals surface area contributed by atoms with Crippen molar-refractivity contribution in [3.63, 3.8) is 0 Å². The zero-order valence-electron chi connectivity index (χ0n) is 5.23. The maximum Gasteiger partial charge on any atom is 0.0231 e. The summed E-state index contributed by atoms with van der Waals surface area (Å²) < 4.78 is 0. The molecule has 0 aromatic heterocycles. The van der Waals surface area contributed by atoms with Crippen LogP contribution in [0, 0.1) is 5.92 Å². The molecule has 0 aliphatic carbocycles. The first kappa shape index (κ1) is 7.39. The van der Waals surface area contributed by atoms with Crippen LogP contribution in [-0.2, 0) is 0 Å². The second-order valence-corrected chi connectivity index (χ2v) is 2.78. The first-order chi connectivity index (χ1) is 3.18. The highest BCUT2D eigenvalue weighted by Crippen LogP contribution is 2.06. The van der Waals surface area contributed by atoms with E-state index < -0.39 is 0 Å². The fourth-order valence-electron chi connectivity index (χ4n) is 0.333. The van der Waals surface area contributed by atoms with Crippen LogP contribution in [0.5, 0.6) is 0 Å². The van der Waals surface area contributed by atoms with E-state index in [2.05, 4.69) is 28.4 Å². The summed E-state index contributed by atoms with van der Waals surface area (Å²) >= 11 is 0. The van der Waals surface area contributed by atoms with E-state index in [0.29, 0.717) is 5.78 Å². The zero-order valence-corrected chi connectivity index (χ0v) is 6.39. The maximum atomic E-state index is 3.13. The van der Waals surface area contributed by atoms with Crippen LogP contribution in [0.15, 0.2) is 0 Å². The fourth-order valence-corrected chi connectivity index (χ4v) is 0.333. The molecule has 0 saturated heterocycles. The minimum absolute atomic E-state index is 0.569. The predicted molar refractivity (Wildman–Crippen MR) is 37.4 cm³/mol. The summed E-state index contributed by atoms with van der Waals surface area (Å²) in [5.41, 5.74) is 0. The van der Waals surface area contributed by atoms with Crippen molar-refractivity contribution >= 4 is 9.24 Å². The first-order valence-corrected chi connectivity index (χ1v) is 3.28. The van der Waals surface area contributed by atoms with Crippen molar-refractivity contribution in [3.8, 4) is 0 Å². The van der Waals surface area contributed by atoms with Crippen LogP contribution in [0.3, 0.4) is 0 Å². The van der Waals surface area contributed by atoms with Gasteiger partial charge in [0, 0.05) is 5.78 Å². The quantitative estimate of drug-likeness (QED) is 0.536. The Morgan fingerprint density at radius 1 is 1.43 bits per heavy atom. The van der Waals surface area contributed by atoms with E-state index in [1.165, 1.54) is 0 Å². The minimum Gasteiger partial charge on any atom is -0.313 e. The molecule has 0 amide bonds. The van der Waals surface area contributed by atoms with E-state index in [0.717, 1.165) is 5.92 Å². The van der Waals surface area contributed by atoms with Crippen molar-refractivity contribution in [3.05, 3.63) is 0 Å². The van der Waals surface area contributed by atoms with Crippen LogP contribution in [0.25, 0.3) is 0 Å². The van der Waals surface area contributed by atoms with Gasteiger partial charge < -0.3 is 5.32 Å². The highest BCUT2D eigenvalue weighted by atomic mass is 31.0. The highest BCUT2D eigenvalue weighted by molar-refractivity contribution is 7.17. The molecule has 0 spiro atoms. The lowest BCUT2D eigenvalue weighted by Gasteiger charge is -2.12. The van der Waals surface area contributed by atoms with E-state index in [9.17, 15) is 0 Å². The van der Waals surface area contributed by atoms with E-state index in [1.54, 1.807) is 0 Å². The Hall–Kier alpha value is 0.390. The number of hydrogen-bond donors (Lipinski definition) is 1. The largest absolute Gasteiger partial charge is 0.313 e. The van der Waals surface area contributed by atoms with E-state index in [4.69, 9.17) is 0 Å². The Kier molecular flexibility index (Phi) is 3.59. The van der Waals surface area contributed by atoms with Gasteiger partial charge in [-0.1, -0.05) is 13.8 Å². The Morgan fingerprint density at radius 3 is 1.86 bits per heavy atom. The molecule has 0 radical (unpaired) electrons. The molecule has 0 bridgehead atoms. The third-order valence-corrected chi connectivity index (χ3v) is 2.15. The molecule has 0 saturated carbocycles. The van der Waals surface area contributed by atoms with Crippen molar-refractivity contribution in [1.29, 1.82) is 0 Å². The third kappa shape index (κ3) is 3.02. The van der Waals surface area contributed by atoms with Gasteiger partial charge in [-0.25, -0.2) is 0 Å². The Morgan fingerprint density at radius 2 is 1.86 bits per heavy atom. The normalized spacial score (nSPS) is 15.0. The molecule has 1 nitrogen and oxygen atoms in total. The summed E-state index contributed by atoms with van der Waals surface area (Å²) in [5.74, 6) is 1.29. The van der Waals surface area contributed by atoms with Gasteiger partial charge in [0.25, 0.3) is 0 Å². The number of hydrogen-bond acceptors (Lipinski definition) is 1. The molecule has 2 unspecified atom stereocenters.